The van der Waals surface area contributed by atoms with Crippen molar-refractivity contribution in [3.05, 3.63) is 46.5 Å². The third kappa shape index (κ3) is 5.62. The Kier molecular flexibility index (Phi) is 8.28. The summed E-state index contributed by atoms with van der Waals surface area (Å²) in [5, 5.41) is 2.92. The van der Waals surface area contributed by atoms with E-state index in [1.54, 1.807) is 12.1 Å². The predicted molar refractivity (Wildman–Crippen MR) is 125 cm³/mol. The second-order valence-electron chi connectivity index (χ2n) is 7.38. The van der Waals surface area contributed by atoms with Crippen molar-refractivity contribution in [2.24, 2.45) is 18.5 Å². The van der Waals surface area contributed by atoms with Gasteiger partial charge in [0, 0.05) is 32.9 Å². The molecule has 5 N–H and O–H groups in total. The number of amides is 1. The Labute approximate surface area is 191 Å². The number of methoxy groups -OCH3 is 1. The summed E-state index contributed by atoms with van der Waals surface area (Å²) < 4.78 is 18.1. The summed E-state index contributed by atoms with van der Waals surface area (Å²) in [5.74, 6) is 0.266. The van der Waals surface area contributed by atoms with Gasteiger partial charge >= 0.3 is 0 Å². The molecule has 2 heterocycles. The van der Waals surface area contributed by atoms with E-state index < -0.39 is 5.91 Å². The first kappa shape index (κ1) is 24.1. The number of rotatable bonds is 9. The van der Waals surface area contributed by atoms with Gasteiger partial charge in [-0.3, -0.25) is 24.4 Å². The monoisotopic (exact) mass is 458 g/mol. The number of hydrogen-bond donors (Lipinski definition) is 3. The van der Waals surface area contributed by atoms with E-state index in [0.717, 1.165) is 45.5 Å². The van der Waals surface area contributed by atoms with Crippen LogP contribution in [0.5, 0.6) is 11.5 Å². The van der Waals surface area contributed by atoms with E-state index in [0.29, 0.717) is 23.5 Å². The average Bonchev–Trinajstić information content (AvgIpc) is 2.83. The number of nitrogens with zero attached hydrogens (tertiary/aromatic N) is 3. The highest BCUT2D eigenvalue weighted by Crippen LogP contribution is 2.34. The Morgan fingerprint density at radius 2 is 2.06 bits per heavy atom. The van der Waals surface area contributed by atoms with Gasteiger partial charge in [0.1, 0.15) is 5.52 Å². The molecule has 1 fully saturated rings. The van der Waals surface area contributed by atoms with Crippen LogP contribution < -0.4 is 31.8 Å². The first-order chi connectivity index (χ1) is 16.0. The van der Waals surface area contributed by atoms with Gasteiger partial charge in [-0.15, -0.1) is 0 Å². The summed E-state index contributed by atoms with van der Waals surface area (Å²) >= 11 is 0. The standard InChI is InChI=1S/C22H30N6O5/c1-27-21(30)16-4-5-17(33-11-3-8-28-9-12-32-13-10-28)19(31-2)18(16)25-22(27)26-20(29)15(14-24)6-7-23/h4-7,14H,3,8-13,23-24H2,1-2H3,(H,25,26,29)/b7-6-,15-14+. The molecule has 1 saturated heterocycles. The van der Waals surface area contributed by atoms with Crippen LogP contribution >= 0.6 is 0 Å². The van der Waals surface area contributed by atoms with Crippen LogP contribution in [-0.4, -0.2) is 66.9 Å². The molecule has 178 valence electrons. The van der Waals surface area contributed by atoms with Crippen LogP contribution in [0.1, 0.15) is 6.42 Å². The van der Waals surface area contributed by atoms with Crippen LogP contribution in [0, 0.1) is 0 Å². The minimum absolute atomic E-state index is 0.0324. The molecule has 1 aromatic carbocycles. The quantitative estimate of drug-likeness (QED) is 0.274. The van der Waals surface area contributed by atoms with Gasteiger partial charge in [0.15, 0.2) is 11.5 Å². The summed E-state index contributed by atoms with van der Waals surface area (Å²) in [7, 11) is 2.99. The van der Waals surface area contributed by atoms with Gasteiger partial charge in [-0.25, -0.2) is 4.98 Å². The van der Waals surface area contributed by atoms with Gasteiger partial charge in [0.25, 0.3) is 11.5 Å². The van der Waals surface area contributed by atoms with Crippen LogP contribution in [0.2, 0.25) is 0 Å². The third-order valence-corrected chi connectivity index (χ3v) is 5.29. The molecule has 1 aliphatic rings. The molecular formula is C22H30N6O5. The molecule has 0 atom stereocenters. The van der Waals surface area contributed by atoms with E-state index in [2.05, 4.69) is 15.2 Å². The van der Waals surface area contributed by atoms with E-state index in [4.69, 9.17) is 25.7 Å². The zero-order chi connectivity index (χ0) is 23.8. The fourth-order valence-corrected chi connectivity index (χ4v) is 3.50. The van der Waals surface area contributed by atoms with Crippen molar-refractivity contribution < 1.29 is 19.0 Å². The second kappa shape index (κ2) is 11.3. The van der Waals surface area contributed by atoms with Crippen molar-refractivity contribution in [3.8, 4) is 11.5 Å². The van der Waals surface area contributed by atoms with Crippen molar-refractivity contribution >= 4 is 22.8 Å². The largest absolute Gasteiger partial charge is 0.491 e. The lowest BCUT2D eigenvalue weighted by molar-refractivity contribution is -0.112. The van der Waals surface area contributed by atoms with Crippen LogP contribution in [0.15, 0.2) is 41.0 Å². The molecule has 11 heteroatoms. The molecule has 3 rings (SSSR count). The summed E-state index contributed by atoms with van der Waals surface area (Å²) in [4.78, 5) is 32.2. The molecule has 1 aromatic heterocycles. The Balaban J connectivity index is 1.83. The molecule has 0 unspecified atom stereocenters. The summed E-state index contributed by atoms with van der Waals surface area (Å²) in [6.45, 7) is 4.73. The van der Waals surface area contributed by atoms with Crippen LogP contribution in [0.3, 0.4) is 0 Å². The second-order valence-corrected chi connectivity index (χ2v) is 7.38. The summed E-state index contributed by atoms with van der Waals surface area (Å²) in [5.41, 5.74) is 10.9. The number of benzene rings is 1. The summed E-state index contributed by atoms with van der Waals surface area (Å²) in [6, 6.07) is 3.33. The predicted octanol–water partition coefficient (Wildman–Crippen LogP) is 0.297. The van der Waals surface area contributed by atoms with Gasteiger partial charge in [0.05, 0.1) is 37.9 Å². The number of hydrogen-bond acceptors (Lipinski definition) is 9. The van der Waals surface area contributed by atoms with Crippen molar-refractivity contribution in [3.63, 3.8) is 0 Å². The normalized spacial score (nSPS) is 15.2. The SMILES string of the molecule is COc1c(OCCCN2CCOCC2)ccc2c(=O)n(C)c(NC(=O)C(/C=C\N)=C/N)nc12. The number of nitrogens with one attached hydrogen (secondary N) is 1. The van der Waals surface area contributed by atoms with Crippen LogP contribution in [-0.2, 0) is 16.6 Å². The molecule has 0 saturated carbocycles. The molecule has 0 radical (unpaired) electrons. The highest BCUT2D eigenvalue weighted by atomic mass is 16.5. The van der Waals surface area contributed by atoms with E-state index in [-0.39, 0.29) is 22.6 Å². The number of carbonyl (C=O) groups is 1. The lowest BCUT2D eigenvalue weighted by Gasteiger charge is -2.26. The lowest BCUT2D eigenvalue weighted by atomic mass is 10.2. The van der Waals surface area contributed by atoms with Crippen molar-refractivity contribution in [2.75, 3.05) is 51.9 Å². The van der Waals surface area contributed by atoms with Crippen molar-refractivity contribution in [2.45, 2.75) is 6.42 Å². The fraction of sp³-hybridized carbons (Fsp3) is 0.409. The van der Waals surface area contributed by atoms with E-state index in [1.165, 1.54) is 31.0 Å². The molecule has 2 aromatic rings. The molecule has 11 nitrogen and oxygen atoms in total. The zero-order valence-electron chi connectivity index (χ0n) is 18.9. The molecule has 1 amide bonds. The first-order valence-corrected chi connectivity index (χ1v) is 10.6. The molecule has 33 heavy (non-hydrogen) atoms. The Hall–Kier alpha value is -3.57. The Morgan fingerprint density at radius 3 is 2.73 bits per heavy atom. The minimum Gasteiger partial charge on any atom is -0.491 e. The maximum absolute atomic E-state index is 12.9. The van der Waals surface area contributed by atoms with Gasteiger partial charge in [-0.2, -0.15) is 0 Å². The zero-order valence-corrected chi connectivity index (χ0v) is 18.9. The van der Waals surface area contributed by atoms with Gasteiger partial charge in [-0.1, -0.05) is 0 Å². The third-order valence-electron chi connectivity index (χ3n) is 5.29. The van der Waals surface area contributed by atoms with Crippen molar-refractivity contribution in [1.29, 1.82) is 0 Å². The lowest BCUT2D eigenvalue weighted by Crippen LogP contribution is -2.37. The van der Waals surface area contributed by atoms with Gasteiger partial charge in [-0.05, 0) is 30.8 Å². The van der Waals surface area contributed by atoms with Gasteiger partial charge < -0.3 is 25.7 Å². The molecule has 1 aliphatic heterocycles. The van der Waals surface area contributed by atoms with E-state index in [9.17, 15) is 9.59 Å². The smallest absolute Gasteiger partial charge is 0.262 e. The Morgan fingerprint density at radius 1 is 1.30 bits per heavy atom. The number of fused-ring (bicyclic) bond motifs is 1. The maximum atomic E-state index is 12.9. The van der Waals surface area contributed by atoms with Crippen LogP contribution in [0.25, 0.3) is 10.9 Å². The van der Waals surface area contributed by atoms with Gasteiger partial charge in [0.2, 0.25) is 5.95 Å². The fourth-order valence-electron chi connectivity index (χ4n) is 3.50. The molecular weight excluding hydrogens is 428 g/mol. The number of nitrogens with two attached hydrogens (primary N) is 2. The minimum atomic E-state index is -0.560. The Bertz CT molecular complexity index is 1100. The molecule has 0 spiro atoms. The average molecular weight is 459 g/mol. The number of ether oxygens (including phenoxy) is 3. The van der Waals surface area contributed by atoms with Crippen LogP contribution in [0.4, 0.5) is 5.95 Å². The number of morpholine rings is 1. The molecule has 0 aliphatic carbocycles. The number of carbonyl (C=O) groups excluding carboxylic acids is 1. The molecule has 0 bridgehead atoms. The van der Waals surface area contributed by atoms with E-state index in [1.807, 2.05) is 0 Å². The first-order valence-electron chi connectivity index (χ1n) is 10.6. The highest BCUT2D eigenvalue weighted by molar-refractivity contribution is 6.05. The number of aromatic nitrogens is 2. The van der Waals surface area contributed by atoms with E-state index >= 15 is 0 Å². The number of anilines is 1. The maximum Gasteiger partial charge on any atom is 0.262 e. The topological polar surface area (TPSA) is 147 Å². The highest BCUT2D eigenvalue weighted by Gasteiger charge is 2.18. The van der Waals surface area contributed by atoms with Crippen molar-refractivity contribution in [1.82, 2.24) is 14.5 Å². The summed E-state index contributed by atoms with van der Waals surface area (Å²) in [6.07, 6.45) is 4.48.